The quantitative estimate of drug-likeness (QED) is 0.492. The molecule has 0 amide bonds. The zero-order valence-corrected chi connectivity index (χ0v) is 12.6. The monoisotopic (exact) mass is 338 g/mol. The number of carboxylic acids is 1. The van der Waals surface area contributed by atoms with Crippen molar-refractivity contribution in [3.63, 3.8) is 0 Å². The lowest BCUT2D eigenvalue weighted by Gasteiger charge is -2.04. The minimum atomic E-state index is -3.90. The van der Waals surface area contributed by atoms with E-state index >= 15 is 0 Å². The Morgan fingerprint density at radius 3 is 2.27 bits per heavy atom. The molecule has 0 unspecified atom stereocenters. The maximum absolute atomic E-state index is 12.5. The molecule has 8 heteroatoms. The van der Waals surface area contributed by atoms with E-state index in [1.54, 1.807) is 18.2 Å². The third kappa shape index (κ3) is 3.07. The Labute approximate surface area is 129 Å². The van der Waals surface area contributed by atoms with Crippen LogP contribution in [0, 0.1) is 0 Å². The highest BCUT2D eigenvalue weighted by molar-refractivity contribution is 7.91. The predicted molar refractivity (Wildman–Crippen MR) is 78.9 cm³/mol. The molecule has 2 N–H and O–H groups in total. The van der Waals surface area contributed by atoms with Crippen molar-refractivity contribution in [2.24, 2.45) is 0 Å². The number of carboxylic acid groups (broad SMARTS) is 1. The van der Waals surface area contributed by atoms with Crippen molar-refractivity contribution in [3.05, 3.63) is 58.5 Å². The highest BCUT2D eigenvalue weighted by Gasteiger charge is 2.25. The number of aliphatic hydroxyl groups excluding tert-OH is 1. The molecule has 0 aliphatic carbocycles. The molecule has 0 atom stereocenters. The Morgan fingerprint density at radius 1 is 1.05 bits per heavy atom. The maximum atomic E-state index is 12.5. The van der Waals surface area contributed by atoms with E-state index < -0.39 is 27.3 Å². The van der Waals surface area contributed by atoms with Crippen molar-refractivity contribution in [1.29, 1.82) is 0 Å². The van der Waals surface area contributed by atoms with Crippen molar-refractivity contribution in [2.75, 3.05) is 0 Å². The Morgan fingerprint density at radius 2 is 1.68 bits per heavy atom. The lowest BCUT2D eigenvalue weighted by atomic mass is 10.2. The average Bonchev–Trinajstić information content (AvgIpc) is 2.98. The van der Waals surface area contributed by atoms with E-state index in [0.717, 1.165) is 11.3 Å². The number of thiophene rings is 1. The lowest BCUT2D eigenvalue weighted by molar-refractivity contribution is -0.135. The van der Waals surface area contributed by atoms with Gasteiger partial charge in [0, 0.05) is 16.8 Å². The van der Waals surface area contributed by atoms with Gasteiger partial charge >= 0.3 is 5.97 Å². The van der Waals surface area contributed by atoms with Crippen LogP contribution in [0.25, 0.3) is 0 Å². The summed E-state index contributed by atoms with van der Waals surface area (Å²) in [4.78, 5) is 22.3. The van der Waals surface area contributed by atoms with Crippen molar-refractivity contribution < 1.29 is 28.2 Å². The molecule has 0 saturated heterocycles. The Kier molecular flexibility index (Phi) is 4.43. The topological polar surface area (TPSA) is 109 Å². The molecule has 1 aromatic carbocycles. The number of rotatable bonds is 5. The Balaban J connectivity index is 2.49. The maximum Gasteiger partial charge on any atom is 0.371 e. The summed E-state index contributed by atoms with van der Waals surface area (Å²) in [5, 5.41) is 20.2. The molecule has 0 bridgehead atoms. The normalized spacial score (nSPS) is 12.1. The van der Waals surface area contributed by atoms with Crippen LogP contribution in [0.15, 0.2) is 62.7 Å². The average molecular weight is 338 g/mol. The lowest BCUT2D eigenvalue weighted by Crippen LogP contribution is -2.08. The molecule has 22 heavy (non-hydrogen) atoms. The van der Waals surface area contributed by atoms with Crippen molar-refractivity contribution in [2.45, 2.75) is 9.79 Å². The largest absolute Gasteiger partial charge is 0.502 e. The molecular formula is C14H10O6S2. The first-order valence-electron chi connectivity index (χ1n) is 5.88. The summed E-state index contributed by atoms with van der Waals surface area (Å²) >= 11 is 0.993. The minimum absolute atomic E-state index is 0.0221. The van der Waals surface area contributed by atoms with Crippen LogP contribution in [-0.2, 0) is 14.6 Å². The fourth-order valence-electron chi connectivity index (χ4n) is 1.66. The molecule has 1 heterocycles. The van der Waals surface area contributed by atoms with Gasteiger partial charge in [-0.2, -0.15) is 11.3 Å². The van der Waals surface area contributed by atoms with Crippen molar-refractivity contribution in [1.82, 2.24) is 0 Å². The molecule has 0 aliphatic rings. The van der Waals surface area contributed by atoms with Gasteiger partial charge in [0.1, 0.15) is 0 Å². The van der Waals surface area contributed by atoms with Crippen LogP contribution in [0.3, 0.4) is 0 Å². The second-order valence-electron chi connectivity index (χ2n) is 4.17. The summed E-state index contributed by atoms with van der Waals surface area (Å²) in [6.07, 6.45) is 0.481. The molecule has 0 radical (unpaired) electrons. The Bertz CT molecular complexity index is 846. The molecule has 2 aromatic rings. The van der Waals surface area contributed by atoms with Gasteiger partial charge in [-0.3, -0.25) is 4.79 Å². The zero-order chi connectivity index (χ0) is 16.3. The molecule has 6 nitrogen and oxygen atoms in total. The number of carbonyl (C=O) groups excluding carboxylic acids is 1. The minimum Gasteiger partial charge on any atom is -0.502 e. The number of sulfone groups is 1. The van der Waals surface area contributed by atoms with E-state index in [-0.39, 0.29) is 15.4 Å². The van der Waals surface area contributed by atoms with Gasteiger partial charge in [-0.25, -0.2) is 13.2 Å². The standard InChI is InChI=1S/C14H10O6S2/c15-11(6-12(16)14(17)18)10-7-21-8-13(10)22(19,20)9-4-2-1-3-5-9/h1-8,16H,(H,17,18). The molecule has 0 fully saturated rings. The van der Waals surface area contributed by atoms with E-state index in [9.17, 15) is 18.0 Å². The van der Waals surface area contributed by atoms with E-state index in [1.165, 1.54) is 22.9 Å². The van der Waals surface area contributed by atoms with Gasteiger partial charge in [0.05, 0.1) is 15.4 Å². The molecule has 0 spiro atoms. The molecular weight excluding hydrogens is 328 g/mol. The van der Waals surface area contributed by atoms with Gasteiger partial charge in [-0.15, -0.1) is 0 Å². The number of hydrogen-bond acceptors (Lipinski definition) is 6. The van der Waals surface area contributed by atoms with Gasteiger partial charge in [0.15, 0.2) is 5.78 Å². The molecule has 1 aromatic heterocycles. The molecule has 0 saturated carbocycles. The summed E-state index contributed by atoms with van der Waals surface area (Å²) in [6.45, 7) is 0. The van der Waals surface area contributed by atoms with Crippen LogP contribution < -0.4 is 0 Å². The van der Waals surface area contributed by atoms with Crippen LogP contribution >= 0.6 is 11.3 Å². The highest BCUT2D eigenvalue weighted by atomic mass is 32.2. The number of aliphatic hydroxyl groups is 1. The highest BCUT2D eigenvalue weighted by Crippen LogP contribution is 2.27. The van der Waals surface area contributed by atoms with Crippen LogP contribution in [0.5, 0.6) is 0 Å². The second-order valence-corrected chi connectivity index (χ2v) is 6.83. The van der Waals surface area contributed by atoms with E-state index in [0.29, 0.717) is 6.08 Å². The van der Waals surface area contributed by atoms with Gasteiger partial charge < -0.3 is 10.2 Å². The molecule has 0 aliphatic heterocycles. The first kappa shape index (κ1) is 15.9. The SMILES string of the molecule is O=C(O)C(O)=CC(=O)c1cscc1S(=O)(=O)c1ccccc1. The second kappa shape index (κ2) is 6.12. The van der Waals surface area contributed by atoms with E-state index in [2.05, 4.69) is 0 Å². The zero-order valence-electron chi connectivity index (χ0n) is 11.0. The summed E-state index contributed by atoms with van der Waals surface area (Å²) in [7, 11) is -3.90. The Hall–Kier alpha value is -2.45. The smallest absolute Gasteiger partial charge is 0.371 e. The summed E-state index contributed by atoms with van der Waals surface area (Å²) in [5.41, 5.74) is -0.179. The number of allylic oxidation sites excluding steroid dienone is 1. The summed E-state index contributed by atoms with van der Waals surface area (Å²) in [6, 6.07) is 7.55. The number of hydrogen-bond donors (Lipinski definition) is 2. The fourth-order valence-corrected chi connectivity index (χ4v) is 4.33. The number of aliphatic carboxylic acids is 1. The molecule has 114 valence electrons. The van der Waals surface area contributed by atoms with E-state index in [4.69, 9.17) is 10.2 Å². The third-order valence-electron chi connectivity index (χ3n) is 2.72. The number of ketones is 1. The fraction of sp³-hybridized carbons (Fsp3) is 0. The first-order chi connectivity index (χ1) is 10.3. The van der Waals surface area contributed by atoms with Crippen molar-refractivity contribution in [3.8, 4) is 0 Å². The van der Waals surface area contributed by atoms with Gasteiger partial charge in [-0.1, -0.05) is 18.2 Å². The van der Waals surface area contributed by atoms with Crippen LogP contribution in [-0.4, -0.2) is 30.4 Å². The van der Waals surface area contributed by atoms with E-state index in [1.807, 2.05) is 0 Å². The van der Waals surface area contributed by atoms with Gasteiger partial charge in [-0.05, 0) is 12.1 Å². The summed E-state index contributed by atoms with van der Waals surface area (Å²) < 4.78 is 25.0. The first-order valence-corrected chi connectivity index (χ1v) is 8.31. The van der Waals surface area contributed by atoms with Crippen LogP contribution in [0.1, 0.15) is 10.4 Å². The van der Waals surface area contributed by atoms with Gasteiger partial charge in [0.25, 0.3) is 0 Å². The third-order valence-corrected chi connectivity index (χ3v) is 5.42. The van der Waals surface area contributed by atoms with Gasteiger partial charge in [0.2, 0.25) is 15.6 Å². The molecule has 2 rings (SSSR count). The van der Waals surface area contributed by atoms with Crippen LogP contribution in [0.4, 0.5) is 0 Å². The summed E-state index contributed by atoms with van der Waals surface area (Å²) in [5.74, 6) is -3.72. The number of benzene rings is 1. The number of carbonyl (C=O) groups is 2. The van der Waals surface area contributed by atoms with Crippen molar-refractivity contribution >= 4 is 32.9 Å². The predicted octanol–water partition coefficient (Wildman–Crippen LogP) is 2.29. The van der Waals surface area contributed by atoms with Crippen LogP contribution in [0.2, 0.25) is 0 Å².